The minimum atomic E-state index is -3.78. The number of hydrazone groups is 1. The van der Waals surface area contributed by atoms with Gasteiger partial charge in [-0.2, -0.15) is 5.10 Å². The summed E-state index contributed by atoms with van der Waals surface area (Å²) in [6, 6.07) is 19.8. The zero-order valence-corrected chi connectivity index (χ0v) is 16.1. The van der Waals surface area contributed by atoms with Crippen LogP contribution in [0.25, 0.3) is 0 Å². The average Bonchev–Trinajstić information content (AvgIpc) is 3.13. The van der Waals surface area contributed by atoms with E-state index in [4.69, 9.17) is 10.2 Å². The lowest BCUT2D eigenvalue weighted by Gasteiger charge is -2.24. The molecule has 7 nitrogen and oxygen atoms in total. The van der Waals surface area contributed by atoms with Crippen LogP contribution in [0, 0.1) is 0 Å². The standard InChI is InChI=1S/C21H19N3O4S/c22-29(27,28)19-10-6-16(7-11-19)24-21(15-2-1-3-18(26)12-15)13-20(23-24)14-4-8-17(25)9-5-14/h1-12,21,25-26H,13H2,(H2,22,27,28). The number of aromatic hydroxyl groups is 2. The van der Waals surface area contributed by atoms with Crippen molar-refractivity contribution in [2.75, 3.05) is 5.01 Å². The van der Waals surface area contributed by atoms with Crippen LogP contribution in [0.1, 0.15) is 23.6 Å². The van der Waals surface area contributed by atoms with Crippen molar-refractivity contribution in [1.82, 2.24) is 0 Å². The van der Waals surface area contributed by atoms with E-state index in [1.54, 1.807) is 59.6 Å². The fourth-order valence-corrected chi connectivity index (χ4v) is 3.87. The third-order valence-corrected chi connectivity index (χ3v) is 5.72. The minimum absolute atomic E-state index is 0.0251. The number of nitrogens with two attached hydrogens (primary N) is 1. The molecule has 0 aromatic heterocycles. The van der Waals surface area contributed by atoms with E-state index in [1.807, 2.05) is 6.07 Å². The van der Waals surface area contributed by atoms with E-state index in [-0.39, 0.29) is 22.4 Å². The van der Waals surface area contributed by atoms with Gasteiger partial charge in [-0.25, -0.2) is 13.6 Å². The van der Waals surface area contributed by atoms with Gasteiger partial charge >= 0.3 is 0 Å². The number of sulfonamides is 1. The maximum absolute atomic E-state index is 11.5. The van der Waals surface area contributed by atoms with Gasteiger partial charge in [-0.05, 0) is 71.8 Å². The Bertz CT molecular complexity index is 1170. The van der Waals surface area contributed by atoms with Gasteiger partial charge in [0.25, 0.3) is 0 Å². The topological polar surface area (TPSA) is 116 Å². The van der Waals surface area contributed by atoms with Gasteiger partial charge in [-0.15, -0.1) is 0 Å². The van der Waals surface area contributed by atoms with Crippen LogP contribution in [0.15, 0.2) is 82.8 Å². The molecule has 1 heterocycles. The molecule has 0 aliphatic carbocycles. The molecule has 0 amide bonds. The fourth-order valence-electron chi connectivity index (χ4n) is 3.36. The summed E-state index contributed by atoms with van der Waals surface area (Å²) in [6.45, 7) is 0. The number of phenols is 2. The van der Waals surface area contributed by atoms with Crippen molar-refractivity contribution < 1.29 is 18.6 Å². The Labute approximate surface area is 168 Å². The van der Waals surface area contributed by atoms with Crippen LogP contribution < -0.4 is 10.1 Å². The second kappa shape index (κ2) is 7.23. The number of nitrogens with zero attached hydrogens (tertiary/aromatic N) is 2. The highest BCUT2D eigenvalue weighted by Gasteiger charge is 2.30. The lowest BCUT2D eigenvalue weighted by molar-refractivity contribution is 0.473. The molecule has 0 fully saturated rings. The summed E-state index contributed by atoms with van der Waals surface area (Å²) in [4.78, 5) is 0.0251. The summed E-state index contributed by atoms with van der Waals surface area (Å²) >= 11 is 0. The van der Waals surface area contributed by atoms with Crippen LogP contribution in [-0.2, 0) is 10.0 Å². The number of primary sulfonamides is 1. The maximum Gasteiger partial charge on any atom is 0.238 e. The van der Waals surface area contributed by atoms with Crippen molar-refractivity contribution in [2.45, 2.75) is 17.4 Å². The highest BCUT2D eigenvalue weighted by atomic mass is 32.2. The number of rotatable bonds is 4. The summed E-state index contributed by atoms with van der Waals surface area (Å²) < 4.78 is 23.1. The summed E-state index contributed by atoms with van der Waals surface area (Å²) in [5.74, 6) is 0.331. The third-order valence-electron chi connectivity index (χ3n) is 4.80. The van der Waals surface area contributed by atoms with E-state index >= 15 is 0 Å². The Morgan fingerprint density at radius 3 is 2.24 bits per heavy atom. The van der Waals surface area contributed by atoms with Crippen LogP contribution in [0.3, 0.4) is 0 Å². The van der Waals surface area contributed by atoms with Gasteiger partial charge in [0, 0.05) is 6.42 Å². The van der Waals surface area contributed by atoms with Crippen molar-refractivity contribution in [3.63, 3.8) is 0 Å². The predicted molar refractivity (Wildman–Crippen MR) is 110 cm³/mol. The van der Waals surface area contributed by atoms with E-state index in [0.717, 1.165) is 16.8 Å². The molecule has 29 heavy (non-hydrogen) atoms. The Balaban J connectivity index is 1.75. The Morgan fingerprint density at radius 1 is 0.931 bits per heavy atom. The summed E-state index contributed by atoms with van der Waals surface area (Å²) in [5.41, 5.74) is 3.25. The first-order valence-corrected chi connectivity index (χ1v) is 10.4. The Kier molecular flexibility index (Phi) is 4.73. The van der Waals surface area contributed by atoms with Crippen molar-refractivity contribution in [2.24, 2.45) is 10.2 Å². The molecule has 3 aromatic rings. The van der Waals surface area contributed by atoms with Crippen molar-refractivity contribution >= 4 is 21.4 Å². The van der Waals surface area contributed by atoms with Crippen LogP contribution in [0.5, 0.6) is 11.5 Å². The molecule has 3 aromatic carbocycles. The van der Waals surface area contributed by atoms with Crippen molar-refractivity contribution in [3.05, 3.63) is 83.9 Å². The fraction of sp³-hybridized carbons (Fsp3) is 0.0952. The largest absolute Gasteiger partial charge is 0.508 e. The number of benzene rings is 3. The first kappa shape index (κ1) is 19.0. The SMILES string of the molecule is NS(=O)(=O)c1ccc(N2N=C(c3ccc(O)cc3)CC2c2cccc(O)c2)cc1. The molecular formula is C21H19N3O4S. The molecule has 0 saturated heterocycles. The van der Waals surface area contributed by atoms with Gasteiger partial charge in [0.2, 0.25) is 10.0 Å². The molecule has 8 heteroatoms. The molecule has 0 radical (unpaired) electrons. The van der Waals surface area contributed by atoms with Gasteiger partial charge in [-0.1, -0.05) is 12.1 Å². The maximum atomic E-state index is 11.5. The molecular weight excluding hydrogens is 390 g/mol. The van der Waals surface area contributed by atoms with E-state index in [1.165, 1.54) is 12.1 Å². The van der Waals surface area contributed by atoms with Crippen molar-refractivity contribution in [3.8, 4) is 11.5 Å². The molecule has 0 saturated carbocycles. The third kappa shape index (κ3) is 3.94. The highest BCUT2D eigenvalue weighted by molar-refractivity contribution is 7.89. The van der Waals surface area contributed by atoms with E-state index in [0.29, 0.717) is 12.1 Å². The summed E-state index contributed by atoms with van der Waals surface area (Å²) in [5, 5.41) is 31.2. The zero-order valence-electron chi connectivity index (χ0n) is 15.3. The Morgan fingerprint density at radius 2 is 1.62 bits per heavy atom. The average molecular weight is 409 g/mol. The molecule has 0 spiro atoms. The number of anilines is 1. The number of hydrogen-bond acceptors (Lipinski definition) is 6. The lowest BCUT2D eigenvalue weighted by Crippen LogP contribution is -2.19. The molecule has 1 unspecified atom stereocenters. The first-order valence-electron chi connectivity index (χ1n) is 8.89. The predicted octanol–water partition coefficient (Wildman–Crippen LogP) is 3.10. The van der Waals surface area contributed by atoms with Crippen molar-refractivity contribution in [1.29, 1.82) is 0 Å². The molecule has 4 rings (SSSR count). The minimum Gasteiger partial charge on any atom is -0.508 e. The van der Waals surface area contributed by atoms with Gasteiger partial charge < -0.3 is 10.2 Å². The molecule has 1 aliphatic heterocycles. The monoisotopic (exact) mass is 409 g/mol. The first-order chi connectivity index (χ1) is 13.8. The lowest BCUT2D eigenvalue weighted by atomic mass is 9.98. The van der Waals surface area contributed by atoms with Crippen LogP contribution in [0.4, 0.5) is 5.69 Å². The normalized spacial score (nSPS) is 16.7. The van der Waals surface area contributed by atoms with E-state index in [2.05, 4.69) is 0 Å². The smallest absolute Gasteiger partial charge is 0.238 e. The van der Waals surface area contributed by atoms with Gasteiger partial charge in [-0.3, -0.25) is 5.01 Å². The second-order valence-corrected chi connectivity index (χ2v) is 8.35. The van der Waals surface area contributed by atoms with Gasteiger partial charge in [0.1, 0.15) is 11.5 Å². The van der Waals surface area contributed by atoms with Gasteiger partial charge in [0.05, 0.1) is 22.3 Å². The van der Waals surface area contributed by atoms with Crippen LogP contribution in [-0.4, -0.2) is 24.3 Å². The molecule has 1 atom stereocenters. The Hall–Kier alpha value is -3.36. The van der Waals surface area contributed by atoms with Crippen LogP contribution in [0.2, 0.25) is 0 Å². The van der Waals surface area contributed by atoms with Crippen LogP contribution >= 0.6 is 0 Å². The zero-order chi connectivity index (χ0) is 20.6. The molecule has 0 bridgehead atoms. The highest BCUT2D eigenvalue weighted by Crippen LogP contribution is 2.38. The number of hydrogen-bond donors (Lipinski definition) is 3. The molecule has 148 valence electrons. The summed E-state index contributed by atoms with van der Waals surface area (Å²) in [6.07, 6.45) is 0.575. The quantitative estimate of drug-likeness (QED) is 0.612. The van der Waals surface area contributed by atoms with Gasteiger partial charge in [0.15, 0.2) is 0 Å². The molecule has 1 aliphatic rings. The summed E-state index contributed by atoms with van der Waals surface area (Å²) in [7, 11) is -3.78. The van der Waals surface area contributed by atoms with E-state index in [9.17, 15) is 18.6 Å². The second-order valence-electron chi connectivity index (χ2n) is 6.79. The number of phenolic OH excluding ortho intramolecular Hbond substituents is 2. The van der Waals surface area contributed by atoms with E-state index < -0.39 is 10.0 Å². The molecule has 4 N–H and O–H groups in total.